The van der Waals surface area contributed by atoms with Gasteiger partial charge in [-0.1, -0.05) is 0 Å². The number of guanidine groups is 1. The van der Waals surface area contributed by atoms with Crippen molar-refractivity contribution in [2.45, 2.75) is 0 Å². The minimum Gasteiger partial charge on any atom is -0.491 e. The van der Waals surface area contributed by atoms with E-state index in [0.717, 1.165) is 15.8 Å². The number of carbonyl (C=O) groups is 1. The summed E-state index contributed by atoms with van der Waals surface area (Å²) >= 11 is 0. The Labute approximate surface area is 115 Å². The number of nitrogens with two attached hydrogens (primary N) is 1. The fraction of sp³-hybridized carbons (Fsp3) is 0.231. The summed E-state index contributed by atoms with van der Waals surface area (Å²) in [6.07, 6.45) is 0. The van der Waals surface area contributed by atoms with Gasteiger partial charge in [0.05, 0.1) is 6.61 Å². The lowest BCUT2D eigenvalue weighted by atomic mass is 10.2. The van der Waals surface area contributed by atoms with Crippen molar-refractivity contribution in [1.29, 1.82) is 5.41 Å². The van der Waals surface area contributed by atoms with Crippen molar-refractivity contribution in [3.8, 4) is 5.75 Å². The quantitative estimate of drug-likeness (QED) is 0.481. The topological polar surface area (TPSA) is 115 Å². The van der Waals surface area contributed by atoms with Crippen LogP contribution in [0.1, 0.15) is 10.5 Å². The van der Waals surface area contributed by atoms with Crippen LogP contribution in [0.15, 0.2) is 24.3 Å². The van der Waals surface area contributed by atoms with Gasteiger partial charge in [-0.2, -0.15) is 0 Å². The summed E-state index contributed by atoms with van der Waals surface area (Å²) in [7, 11) is 1.44. The number of rotatable bonds is 4. The Morgan fingerprint density at radius 3 is 2.90 bits per heavy atom. The van der Waals surface area contributed by atoms with E-state index in [1.807, 2.05) is 6.07 Å². The number of H-pyrrole nitrogens is 1. The summed E-state index contributed by atoms with van der Waals surface area (Å²) in [5, 5.41) is 16.8. The Morgan fingerprint density at radius 1 is 1.50 bits per heavy atom. The van der Waals surface area contributed by atoms with E-state index < -0.39 is 0 Å². The van der Waals surface area contributed by atoms with Crippen LogP contribution in [0.3, 0.4) is 0 Å². The lowest BCUT2D eigenvalue weighted by molar-refractivity contribution is 0.0864. The number of ether oxygens (including phenoxy) is 1. The number of nitrogens with zero attached hydrogens (tertiary/aromatic N) is 1. The predicted octanol–water partition coefficient (Wildman–Crippen LogP) is 0.504. The Kier molecular flexibility index (Phi) is 3.90. The number of carbonyl (C=O) groups excluding carboxylic acids is 1. The van der Waals surface area contributed by atoms with Crippen LogP contribution >= 0.6 is 0 Å². The smallest absolute Gasteiger partial charge is 0.276 e. The standard InChI is InChI=1S/C13H16N4O3/c1-17(13(14)15)12(19)11-6-8-2-3-9(20-5-4-18)7-10(8)16-11/h2-3,6-7,16,18H,4-5H2,1H3,(H3,14,15). The van der Waals surface area contributed by atoms with Gasteiger partial charge in [-0.3, -0.25) is 15.1 Å². The Morgan fingerprint density at radius 2 is 2.25 bits per heavy atom. The van der Waals surface area contributed by atoms with Gasteiger partial charge < -0.3 is 20.6 Å². The third-order valence-corrected chi connectivity index (χ3v) is 2.85. The highest BCUT2D eigenvalue weighted by Crippen LogP contribution is 2.22. The molecule has 1 aromatic carbocycles. The van der Waals surface area contributed by atoms with Gasteiger partial charge in [0.25, 0.3) is 5.91 Å². The second-order valence-corrected chi connectivity index (χ2v) is 4.25. The van der Waals surface area contributed by atoms with Crippen LogP contribution in [0.2, 0.25) is 0 Å². The summed E-state index contributed by atoms with van der Waals surface area (Å²) in [5.41, 5.74) is 6.36. The number of amides is 1. The highest BCUT2D eigenvalue weighted by Gasteiger charge is 2.16. The van der Waals surface area contributed by atoms with Gasteiger partial charge in [0, 0.05) is 24.0 Å². The average Bonchev–Trinajstić information content (AvgIpc) is 2.86. The third kappa shape index (κ3) is 2.72. The molecule has 1 aromatic heterocycles. The van der Waals surface area contributed by atoms with Crippen molar-refractivity contribution in [1.82, 2.24) is 9.88 Å². The molecular weight excluding hydrogens is 260 g/mol. The molecule has 106 valence electrons. The van der Waals surface area contributed by atoms with Gasteiger partial charge in [0.1, 0.15) is 18.1 Å². The zero-order chi connectivity index (χ0) is 14.7. The minimum atomic E-state index is -0.383. The van der Waals surface area contributed by atoms with Crippen LogP contribution in [0.5, 0.6) is 5.75 Å². The van der Waals surface area contributed by atoms with Gasteiger partial charge in [-0.15, -0.1) is 0 Å². The van der Waals surface area contributed by atoms with Crippen LogP contribution < -0.4 is 10.5 Å². The van der Waals surface area contributed by atoms with Crippen LogP contribution in [-0.2, 0) is 0 Å². The first kappa shape index (κ1) is 13.9. The monoisotopic (exact) mass is 276 g/mol. The SMILES string of the molecule is CN(C(=N)N)C(=O)c1cc2ccc(OCCO)cc2[nH]1. The molecule has 5 N–H and O–H groups in total. The number of hydrogen-bond donors (Lipinski definition) is 4. The van der Waals surface area contributed by atoms with Crippen molar-refractivity contribution in [2.75, 3.05) is 20.3 Å². The van der Waals surface area contributed by atoms with Crippen LogP contribution in [0, 0.1) is 5.41 Å². The van der Waals surface area contributed by atoms with E-state index in [-0.39, 0.29) is 25.1 Å². The molecule has 0 saturated carbocycles. The summed E-state index contributed by atoms with van der Waals surface area (Å²) in [6, 6.07) is 7.00. The average molecular weight is 276 g/mol. The molecule has 20 heavy (non-hydrogen) atoms. The highest BCUT2D eigenvalue weighted by molar-refractivity contribution is 6.05. The van der Waals surface area contributed by atoms with E-state index in [2.05, 4.69) is 4.98 Å². The van der Waals surface area contributed by atoms with E-state index >= 15 is 0 Å². The van der Waals surface area contributed by atoms with E-state index in [0.29, 0.717) is 11.4 Å². The molecular formula is C13H16N4O3. The molecule has 7 nitrogen and oxygen atoms in total. The molecule has 0 spiro atoms. The molecule has 0 aliphatic carbocycles. The molecule has 2 rings (SSSR count). The first-order chi connectivity index (χ1) is 9.52. The first-order valence-electron chi connectivity index (χ1n) is 6.01. The molecule has 1 amide bonds. The molecule has 2 aromatic rings. The number of aromatic amines is 1. The maximum atomic E-state index is 12.0. The highest BCUT2D eigenvalue weighted by atomic mass is 16.5. The zero-order valence-electron chi connectivity index (χ0n) is 11.0. The zero-order valence-corrected chi connectivity index (χ0v) is 11.0. The largest absolute Gasteiger partial charge is 0.491 e. The lowest BCUT2D eigenvalue weighted by Crippen LogP contribution is -2.38. The van der Waals surface area contributed by atoms with E-state index in [1.54, 1.807) is 18.2 Å². The van der Waals surface area contributed by atoms with Crippen molar-refractivity contribution in [3.05, 3.63) is 30.0 Å². The third-order valence-electron chi connectivity index (χ3n) is 2.85. The summed E-state index contributed by atoms with van der Waals surface area (Å²) < 4.78 is 5.30. The number of aliphatic hydroxyl groups is 1. The number of benzene rings is 1. The fourth-order valence-corrected chi connectivity index (χ4v) is 1.76. The first-order valence-corrected chi connectivity index (χ1v) is 6.01. The van der Waals surface area contributed by atoms with Crippen molar-refractivity contribution < 1.29 is 14.6 Å². The Hall–Kier alpha value is -2.54. The lowest BCUT2D eigenvalue weighted by Gasteiger charge is -2.12. The van der Waals surface area contributed by atoms with Crippen molar-refractivity contribution in [2.24, 2.45) is 5.73 Å². The number of hydrogen-bond acceptors (Lipinski definition) is 4. The molecule has 0 saturated heterocycles. The number of nitrogens with one attached hydrogen (secondary N) is 2. The number of aliphatic hydroxyl groups excluding tert-OH is 1. The maximum Gasteiger partial charge on any atom is 0.276 e. The van der Waals surface area contributed by atoms with E-state index in [1.165, 1.54) is 7.05 Å². The van der Waals surface area contributed by atoms with Gasteiger partial charge in [0.15, 0.2) is 5.96 Å². The number of fused-ring (bicyclic) bond motifs is 1. The summed E-state index contributed by atoms with van der Waals surface area (Å²) in [6.45, 7) is 0.154. The van der Waals surface area contributed by atoms with Crippen LogP contribution in [-0.4, -0.2) is 47.1 Å². The fourth-order valence-electron chi connectivity index (χ4n) is 1.76. The van der Waals surface area contributed by atoms with Crippen molar-refractivity contribution in [3.63, 3.8) is 0 Å². The number of aromatic nitrogens is 1. The van der Waals surface area contributed by atoms with Crippen molar-refractivity contribution >= 4 is 22.8 Å². The maximum absolute atomic E-state index is 12.0. The molecule has 0 atom stereocenters. The molecule has 0 aliphatic rings. The van der Waals surface area contributed by atoms with Gasteiger partial charge >= 0.3 is 0 Å². The minimum absolute atomic E-state index is 0.0596. The molecule has 0 aliphatic heterocycles. The molecule has 1 heterocycles. The van der Waals surface area contributed by atoms with Crippen LogP contribution in [0.25, 0.3) is 10.9 Å². The Balaban J connectivity index is 2.29. The van der Waals surface area contributed by atoms with E-state index in [4.69, 9.17) is 21.0 Å². The molecule has 0 unspecified atom stereocenters. The van der Waals surface area contributed by atoms with Gasteiger partial charge in [-0.25, -0.2) is 0 Å². The van der Waals surface area contributed by atoms with E-state index in [9.17, 15) is 4.79 Å². The second kappa shape index (κ2) is 5.62. The van der Waals surface area contributed by atoms with Gasteiger partial charge in [-0.05, 0) is 18.2 Å². The molecule has 0 fully saturated rings. The summed E-state index contributed by atoms with van der Waals surface area (Å²) in [4.78, 5) is 16.0. The molecule has 7 heteroatoms. The molecule has 0 bridgehead atoms. The summed E-state index contributed by atoms with van der Waals surface area (Å²) in [5.74, 6) is -0.0977. The van der Waals surface area contributed by atoms with Crippen LogP contribution in [0.4, 0.5) is 0 Å². The Bertz CT molecular complexity index is 650. The van der Waals surface area contributed by atoms with Gasteiger partial charge in [0.2, 0.25) is 0 Å². The normalized spacial score (nSPS) is 10.5. The predicted molar refractivity (Wildman–Crippen MR) is 74.9 cm³/mol. The molecule has 0 radical (unpaired) electrons. The second-order valence-electron chi connectivity index (χ2n) is 4.25.